The summed E-state index contributed by atoms with van der Waals surface area (Å²) < 4.78 is 26.9. The van der Waals surface area contributed by atoms with Crippen molar-refractivity contribution in [2.75, 3.05) is 6.54 Å². The second-order valence-electron chi connectivity index (χ2n) is 5.93. The predicted octanol–water partition coefficient (Wildman–Crippen LogP) is 2.13. The van der Waals surface area contributed by atoms with Gasteiger partial charge in [-0.2, -0.15) is 4.31 Å². The lowest BCUT2D eigenvalue weighted by molar-refractivity contribution is -0.154. The van der Waals surface area contributed by atoms with Gasteiger partial charge in [-0.15, -0.1) is 0 Å². The van der Waals surface area contributed by atoms with Crippen molar-refractivity contribution < 1.29 is 18.3 Å². The minimum absolute atomic E-state index is 0.128. The fourth-order valence-electron chi connectivity index (χ4n) is 3.64. The molecule has 1 aliphatic carbocycles. The number of aliphatic carboxylic acids is 1. The van der Waals surface area contributed by atoms with Gasteiger partial charge in [-0.25, -0.2) is 8.42 Å². The standard InChI is InChI=1S/C14H16ClNO4S/c1-8-5-11(15)3-4-12(8)21(19,20)16-7-10-6-14(16,9(10)2)13(17)18/h3-5,9-10H,6-7H2,1-2H3,(H,17,18)/t9-,10+,14+/m1/s1. The van der Waals surface area contributed by atoms with E-state index in [1.165, 1.54) is 16.4 Å². The number of sulfonamides is 1. The molecule has 7 heteroatoms. The van der Waals surface area contributed by atoms with Crippen molar-refractivity contribution in [3.05, 3.63) is 28.8 Å². The number of hydrogen-bond acceptors (Lipinski definition) is 3. The van der Waals surface area contributed by atoms with Crippen LogP contribution in [0, 0.1) is 18.8 Å². The highest BCUT2D eigenvalue weighted by Gasteiger charge is 2.69. The van der Waals surface area contributed by atoms with E-state index in [0.717, 1.165) is 0 Å². The van der Waals surface area contributed by atoms with Crippen molar-refractivity contribution in [2.45, 2.75) is 30.7 Å². The number of hydrogen-bond donors (Lipinski definition) is 1. The van der Waals surface area contributed by atoms with Crippen molar-refractivity contribution >= 4 is 27.6 Å². The molecule has 1 aromatic rings. The van der Waals surface area contributed by atoms with Gasteiger partial charge in [0.25, 0.3) is 0 Å². The molecule has 21 heavy (non-hydrogen) atoms. The van der Waals surface area contributed by atoms with E-state index in [9.17, 15) is 18.3 Å². The molecule has 2 bridgehead atoms. The molecule has 0 radical (unpaired) electrons. The first-order chi connectivity index (χ1) is 9.71. The Balaban J connectivity index is 2.09. The summed E-state index contributed by atoms with van der Waals surface area (Å²) in [5.74, 6) is -1.08. The largest absolute Gasteiger partial charge is 0.480 e. The monoisotopic (exact) mass is 329 g/mol. The van der Waals surface area contributed by atoms with Gasteiger partial charge in [0, 0.05) is 11.6 Å². The van der Waals surface area contributed by atoms with Crippen LogP contribution in [0.3, 0.4) is 0 Å². The molecule has 1 saturated carbocycles. The van der Waals surface area contributed by atoms with Gasteiger partial charge in [0.05, 0.1) is 4.90 Å². The van der Waals surface area contributed by atoms with Crippen molar-refractivity contribution in [3.8, 4) is 0 Å². The van der Waals surface area contributed by atoms with E-state index >= 15 is 0 Å². The molecule has 2 heterocycles. The number of fused-ring (bicyclic) bond motifs is 1. The van der Waals surface area contributed by atoms with Crippen LogP contribution in [0.1, 0.15) is 18.9 Å². The maximum Gasteiger partial charge on any atom is 0.325 e. The van der Waals surface area contributed by atoms with Crippen LogP contribution in [0.2, 0.25) is 5.02 Å². The van der Waals surface area contributed by atoms with E-state index in [2.05, 4.69) is 0 Å². The third-order valence-electron chi connectivity index (χ3n) is 4.95. The Morgan fingerprint density at radius 1 is 1.48 bits per heavy atom. The summed E-state index contributed by atoms with van der Waals surface area (Å²) in [5.41, 5.74) is -0.755. The highest BCUT2D eigenvalue weighted by atomic mass is 35.5. The first-order valence-electron chi connectivity index (χ1n) is 6.73. The third kappa shape index (κ3) is 1.79. The normalized spacial score (nSPS) is 32.0. The Morgan fingerprint density at radius 2 is 2.14 bits per heavy atom. The molecule has 114 valence electrons. The molecule has 1 N–H and O–H groups in total. The highest BCUT2D eigenvalue weighted by molar-refractivity contribution is 7.89. The quantitative estimate of drug-likeness (QED) is 0.921. The summed E-state index contributed by atoms with van der Waals surface area (Å²) >= 11 is 5.86. The molecule has 2 aliphatic heterocycles. The van der Waals surface area contributed by atoms with E-state index < -0.39 is 21.5 Å². The van der Waals surface area contributed by atoms with Gasteiger partial charge in [-0.05, 0) is 48.9 Å². The van der Waals surface area contributed by atoms with Crippen LogP contribution in [-0.4, -0.2) is 35.9 Å². The second kappa shape index (κ2) is 4.44. The topological polar surface area (TPSA) is 74.7 Å². The predicted molar refractivity (Wildman–Crippen MR) is 77.7 cm³/mol. The fraction of sp³-hybridized carbons (Fsp3) is 0.500. The Bertz CT molecular complexity index is 732. The molecular weight excluding hydrogens is 314 g/mol. The molecule has 0 amide bonds. The summed E-state index contributed by atoms with van der Waals surface area (Å²) in [5, 5.41) is 10.0. The Kier molecular flexibility index (Phi) is 3.13. The zero-order chi connectivity index (χ0) is 15.6. The molecule has 0 aromatic heterocycles. The van der Waals surface area contributed by atoms with E-state index in [1.54, 1.807) is 13.0 Å². The lowest BCUT2D eigenvalue weighted by atomic mass is 9.64. The molecule has 0 unspecified atom stereocenters. The molecule has 0 spiro atoms. The lowest BCUT2D eigenvalue weighted by Crippen LogP contribution is -2.59. The van der Waals surface area contributed by atoms with E-state index in [4.69, 9.17) is 11.6 Å². The van der Waals surface area contributed by atoms with E-state index in [0.29, 0.717) is 17.0 Å². The Hall–Kier alpha value is -1.11. The van der Waals surface area contributed by atoms with Crippen LogP contribution < -0.4 is 0 Å². The summed E-state index contributed by atoms with van der Waals surface area (Å²) in [6, 6.07) is 4.54. The number of rotatable bonds is 3. The second-order valence-corrected chi connectivity index (χ2v) is 8.20. The Morgan fingerprint density at radius 3 is 2.67 bits per heavy atom. The summed E-state index contributed by atoms with van der Waals surface area (Å²) in [6.07, 6.45) is 0.398. The summed E-state index contributed by atoms with van der Waals surface area (Å²) in [4.78, 5) is 11.8. The van der Waals surface area contributed by atoms with Gasteiger partial charge in [-0.3, -0.25) is 4.79 Å². The molecule has 5 nitrogen and oxygen atoms in total. The SMILES string of the molecule is Cc1cc(Cl)ccc1S(=O)(=O)N1C[C@@H]2C[C@@]1(C(=O)O)[C@@H]2C. The van der Waals surface area contributed by atoms with Gasteiger partial charge in [-0.1, -0.05) is 18.5 Å². The number of carboxylic acid groups (broad SMARTS) is 1. The summed E-state index contributed by atoms with van der Waals surface area (Å²) in [6.45, 7) is 3.75. The van der Waals surface area contributed by atoms with Crippen molar-refractivity contribution in [1.29, 1.82) is 0 Å². The average molecular weight is 330 g/mol. The van der Waals surface area contributed by atoms with Gasteiger partial charge in [0.15, 0.2) is 0 Å². The molecular formula is C14H16ClNO4S. The van der Waals surface area contributed by atoms with E-state index in [-0.39, 0.29) is 23.3 Å². The van der Waals surface area contributed by atoms with Gasteiger partial charge >= 0.3 is 5.97 Å². The van der Waals surface area contributed by atoms with Crippen LogP contribution >= 0.6 is 11.6 Å². The average Bonchev–Trinajstić information content (AvgIpc) is 2.92. The number of nitrogens with zero attached hydrogens (tertiary/aromatic N) is 1. The van der Waals surface area contributed by atoms with Crippen molar-refractivity contribution in [1.82, 2.24) is 4.31 Å². The number of benzene rings is 1. The molecule has 4 rings (SSSR count). The number of aryl methyl sites for hydroxylation is 1. The smallest absolute Gasteiger partial charge is 0.325 e. The summed E-state index contributed by atoms with van der Waals surface area (Å²) in [7, 11) is -3.84. The zero-order valence-corrected chi connectivity index (χ0v) is 13.3. The van der Waals surface area contributed by atoms with Gasteiger partial charge in [0.1, 0.15) is 5.54 Å². The third-order valence-corrected chi connectivity index (χ3v) is 7.26. The minimum Gasteiger partial charge on any atom is -0.480 e. The Labute approximate surface area is 128 Å². The van der Waals surface area contributed by atoms with Crippen molar-refractivity contribution in [2.24, 2.45) is 11.8 Å². The molecule has 3 atom stereocenters. The molecule has 1 aromatic carbocycles. The van der Waals surface area contributed by atoms with Gasteiger partial charge in [0.2, 0.25) is 10.0 Å². The maximum atomic E-state index is 12.9. The minimum atomic E-state index is -3.84. The van der Waals surface area contributed by atoms with Gasteiger partial charge < -0.3 is 5.11 Å². The van der Waals surface area contributed by atoms with Crippen LogP contribution in [0.4, 0.5) is 0 Å². The van der Waals surface area contributed by atoms with E-state index in [1.807, 2.05) is 6.92 Å². The fourth-order valence-corrected chi connectivity index (χ4v) is 5.95. The number of carboxylic acids is 1. The number of halogens is 1. The number of carbonyl (C=O) groups is 1. The van der Waals surface area contributed by atoms with Crippen LogP contribution in [0.5, 0.6) is 0 Å². The first-order valence-corrected chi connectivity index (χ1v) is 8.55. The van der Waals surface area contributed by atoms with Crippen LogP contribution in [-0.2, 0) is 14.8 Å². The van der Waals surface area contributed by atoms with Crippen molar-refractivity contribution in [3.63, 3.8) is 0 Å². The molecule has 3 fully saturated rings. The van der Waals surface area contributed by atoms with Crippen LogP contribution in [0.25, 0.3) is 0 Å². The lowest BCUT2D eigenvalue weighted by Gasteiger charge is -2.43. The molecule has 2 saturated heterocycles. The zero-order valence-electron chi connectivity index (χ0n) is 11.7. The first kappa shape index (κ1) is 14.8. The van der Waals surface area contributed by atoms with Crippen LogP contribution in [0.15, 0.2) is 23.1 Å². The highest BCUT2D eigenvalue weighted by Crippen LogP contribution is 2.57. The molecule has 3 aliphatic rings. The maximum absolute atomic E-state index is 12.9.